The van der Waals surface area contributed by atoms with Crippen LogP contribution in [0, 0.1) is 0 Å². The summed E-state index contributed by atoms with van der Waals surface area (Å²) in [5.74, 6) is 0. The van der Waals surface area contributed by atoms with Crippen molar-refractivity contribution < 1.29 is 28.5 Å². The largest absolute Gasteiger partial charge is 0.665 e. The summed E-state index contributed by atoms with van der Waals surface area (Å²) in [7, 11) is 0. The number of hydrogen-bond donors (Lipinski definition) is 1. The van der Waals surface area contributed by atoms with Crippen molar-refractivity contribution in [3.8, 4) is 0 Å². The molecule has 0 aliphatic heterocycles. The normalized spacial score (nSPS) is 5.50. The fourth-order valence-electron chi connectivity index (χ4n) is 0. The molecule has 3 heteroatoms. The second-order valence-electron chi connectivity index (χ2n) is 0.0833. The Morgan fingerprint density at radius 1 is 2.25 bits per heavy atom. The van der Waals surface area contributed by atoms with Crippen molar-refractivity contribution in [2.45, 2.75) is 0 Å². The molecule has 0 aromatic carbocycles. The van der Waals surface area contributed by atoms with Gasteiger partial charge < -0.3 is 9.90 Å². The second-order valence-corrected chi connectivity index (χ2v) is 0.0833. The van der Waals surface area contributed by atoms with Crippen LogP contribution in [0.15, 0.2) is 0 Å². The van der Waals surface area contributed by atoms with E-state index in [2.05, 4.69) is 5.11 Å². The molecule has 2 nitrogen and oxygen atoms in total. The van der Waals surface area contributed by atoms with Crippen LogP contribution in [-0.4, -0.2) is 11.6 Å². The smallest absolute Gasteiger partial charge is 0.239 e. The molecule has 0 atom stereocenters. The Kier molecular flexibility index (Phi) is 11.8. The molecule has 0 aliphatic rings. The quantitative estimate of drug-likeness (QED) is 0.453. The molecule has 0 aromatic rings. The van der Waals surface area contributed by atoms with E-state index in [0.29, 0.717) is 0 Å². The van der Waals surface area contributed by atoms with Crippen molar-refractivity contribution in [3.63, 3.8) is 0 Å². The molecule has 0 spiro atoms. The van der Waals surface area contributed by atoms with Crippen LogP contribution in [-0.2, 0) is 23.4 Å². The van der Waals surface area contributed by atoms with Crippen molar-refractivity contribution in [3.05, 3.63) is 0 Å². The minimum absolute atomic E-state index is 0. The maximum absolute atomic E-state index is 8.64. The van der Waals surface area contributed by atoms with Gasteiger partial charge in [0.25, 0.3) is 0 Å². The summed E-state index contributed by atoms with van der Waals surface area (Å²) >= 11 is 0. The molecule has 0 rings (SSSR count). The Hall–Kier alpha value is 0.0544. The summed E-state index contributed by atoms with van der Waals surface area (Å²) in [5.41, 5.74) is 0. The Bertz CT molecular complexity index is 23.6. The van der Waals surface area contributed by atoms with Crippen LogP contribution >= 0.6 is 0 Å². The van der Waals surface area contributed by atoms with Gasteiger partial charge in [-0.1, -0.05) is 6.47 Å². The average molecular weight is 98.0 g/mol. The van der Waals surface area contributed by atoms with Crippen LogP contribution in [0.3, 0.4) is 0 Å². The summed E-state index contributed by atoms with van der Waals surface area (Å²) in [6.45, 7) is 0.847. The van der Waals surface area contributed by atoms with Gasteiger partial charge in [-0.2, -0.15) is 0 Å². The summed E-state index contributed by atoms with van der Waals surface area (Å²) in [5, 5.41) is 2.99. The summed E-state index contributed by atoms with van der Waals surface area (Å²) in [6.07, 6.45) is 0. The first-order valence-electron chi connectivity index (χ1n) is 0.816. The van der Waals surface area contributed by atoms with Crippen LogP contribution in [0.2, 0.25) is 0 Å². The van der Waals surface area contributed by atoms with E-state index in [1.54, 1.807) is 0 Å². The van der Waals surface area contributed by atoms with Crippen LogP contribution in [0.1, 0.15) is 0 Å². The molecule has 0 saturated heterocycles. The molecule has 1 N–H and O–H groups in total. The molecule has 23 valence electrons. The molecule has 1 radical (unpaired) electrons. The first-order chi connectivity index (χ1) is 1.91. The molecule has 0 bridgehead atoms. The third-order valence-electron chi connectivity index (χ3n) is 0. The van der Waals surface area contributed by atoms with Gasteiger partial charge in [-0.25, -0.2) is 0 Å². The zero-order chi connectivity index (χ0) is 3.41. The second kappa shape index (κ2) is 11.6. The van der Waals surface area contributed by atoms with Crippen molar-refractivity contribution >= 4 is 6.47 Å². The maximum atomic E-state index is 8.64. The monoisotopic (exact) mass is 98.0 g/mol. The molecular formula is CHO2V-. The Morgan fingerprint density at radius 2 is 2.50 bits per heavy atom. The Labute approximate surface area is 37.2 Å². The van der Waals surface area contributed by atoms with Gasteiger partial charge in [0.1, 0.15) is 0 Å². The summed E-state index contributed by atoms with van der Waals surface area (Å²) in [6, 6.07) is 0. The SMILES string of the molecule is [3H]O[C-]=O.[V]. The van der Waals surface area contributed by atoms with Gasteiger partial charge in [0.15, 0.2) is 0 Å². The fourth-order valence-corrected chi connectivity index (χ4v) is 0. The number of hydrogen-bond acceptors (Lipinski definition) is 2. The zero-order valence-corrected chi connectivity index (χ0v) is 3.16. The molecule has 0 aliphatic carbocycles. The molecule has 0 fully saturated rings. The molecular weight excluding hydrogens is 95.0 g/mol. The van der Waals surface area contributed by atoms with Crippen LogP contribution < -0.4 is 0 Å². The van der Waals surface area contributed by atoms with Crippen LogP contribution in [0.5, 0.6) is 0 Å². The Balaban J connectivity index is 0. The van der Waals surface area contributed by atoms with E-state index in [1.807, 2.05) is 0 Å². The Morgan fingerprint density at radius 3 is 2.50 bits per heavy atom. The van der Waals surface area contributed by atoms with Gasteiger partial charge in [-0.3, -0.25) is 0 Å². The molecule has 0 amide bonds. The minimum atomic E-state index is 0. The van der Waals surface area contributed by atoms with E-state index in [1.165, 1.54) is 0 Å². The predicted molar refractivity (Wildman–Crippen MR) is 8.32 cm³/mol. The predicted octanol–water partition coefficient (Wildman–Crippen LogP) is -0.391. The van der Waals surface area contributed by atoms with Gasteiger partial charge in [-0.15, -0.1) is 0 Å². The van der Waals surface area contributed by atoms with E-state index in [9.17, 15) is 0 Å². The number of rotatable bonds is 1. The fraction of sp³-hybridized carbons (Fsp3) is 0. The van der Waals surface area contributed by atoms with E-state index < -0.39 is 0 Å². The number of aliphatic hydroxyl groups excluding tert-OH is 1. The van der Waals surface area contributed by atoms with Gasteiger partial charge >= 0.3 is 0 Å². The third-order valence-corrected chi connectivity index (χ3v) is 0. The van der Waals surface area contributed by atoms with Crippen LogP contribution in [0.4, 0.5) is 0 Å². The minimum Gasteiger partial charge on any atom is -0.665 e. The van der Waals surface area contributed by atoms with E-state index in [0.717, 1.165) is 6.47 Å². The van der Waals surface area contributed by atoms with Crippen molar-refractivity contribution in [1.29, 1.82) is 1.43 Å². The van der Waals surface area contributed by atoms with Crippen molar-refractivity contribution in [1.82, 2.24) is 0 Å². The van der Waals surface area contributed by atoms with Gasteiger partial charge in [-0.05, 0) is 0 Å². The molecule has 0 heterocycles. The summed E-state index contributed by atoms with van der Waals surface area (Å²) < 4.78 is 5.53. The standard InChI is InChI=1S/CHO2.V/c2-1-3;/h(H,2,3);/q-1;/i/hT. The van der Waals surface area contributed by atoms with E-state index in [-0.39, 0.29) is 18.6 Å². The molecule has 4 heavy (non-hydrogen) atoms. The maximum Gasteiger partial charge on any atom is 0.239 e. The molecule has 0 aromatic heterocycles. The van der Waals surface area contributed by atoms with Crippen molar-refractivity contribution in [2.24, 2.45) is 0 Å². The van der Waals surface area contributed by atoms with Gasteiger partial charge in [0.05, 0.1) is 0 Å². The molecule has 0 saturated carbocycles. The zero-order valence-electron chi connectivity index (χ0n) is 2.76. The summed E-state index contributed by atoms with van der Waals surface area (Å²) in [4.78, 5) is 8.64. The third kappa shape index (κ3) is 771. The van der Waals surface area contributed by atoms with Crippen LogP contribution in [0.25, 0.3) is 1.43 Å². The van der Waals surface area contributed by atoms with Gasteiger partial charge in [0, 0.05) is 18.6 Å². The topological polar surface area (TPSA) is 37.3 Å². The molecule has 0 unspecified atom stereocenters. The average Bonchev–Trinajstić information content (AvgIpc) is 1.37. The first-order valence-corrected chi connectivity index (χ1v) is 0.408. The van der Waals surface area contributed by atoms with Crippen molar-refractivity contribution in [2.75, 3.05) is 0 Å². The van der Waals surface area contributed by atoms with E-state index in [4.69, 9.17) is 6.23 Å². The van der Waals surface area contributed by atoms with Gasteiger partial charge in [0.2, 0.25) is 1.43 Å². The first kappa shape index (κ1) is 4.05. The van der Waals surface area contributed by atoms with E-state index >= 15 is 0 Å².